The fourth-order valence-electron chi connectivity index (χ4n) is 5.76. The number of nitrogens with one attached hydrogen (secondary N) is 1. The number of amides is 1. The molecule has 1 amide bonds. The summed E-state index contributed by atoms with van der Waals surface area (Å²) in [6.45, 7) is 1.49. The molecule has 1 aliphatic heterocycles. The average molecular weight is 627 g/mol. The van der Waals surface area contributed by atoms with Crippen LogP contribution in [0.25, 0.3) is 11.1 Å². The van der Waals surface area contributed by atoms with Crippen LogP contribution in [0.3, 0.4) is 0 Å². The fourth-order valence-corrected chi connectivity index (χ4v) is 5.98. The quantitative estimate of drug-likeness (QED) is 0.231. The van der Waals surface area contributed by atoms with E-state index in [9.17, 15) is 27.9 Å². The highest BCUT2D eigenvalue weighted by atomic mass is 35.5. The van der Waals surface area contributed by atoms with Gasteiger partial charge in [-0.25, -0.2) is 4.39 Å². The van der Waals surface area contributed by atoms with E-state index in [0.717, 1.165) is 29.2 Å². The first-order chi connectivity index (χ1) is 21.0. The Morgan fingerprint density at radius 2 is 1.77 bits per heavy atom. The monoisotopic (exact) mass is 626 g/mol. The zero-order chi connectivity index (χ0) is 31.3. The summed E-state index contributed by atoms with van der Waals surface area (Å²) in [6, 6.07) is 11.8. The molecule has 2 heterocycles. The molecular formula is C33H27ClF4N2O4. The number of nitrogens with zero attached hydrogens (tertiary/aromatic N) is 1. The average Bonchev–Trinajstić information content (AvgIpc) is 3.80. The lowest BCUT2D eigenvalue weighted by Crippen LogP contribution is -2.40. The van der Waals surface area contributed by atoms with Crippen LogP contribution in [0.2, 0.25) is 5.02 Å². The maximum absolute atomic E-state index is 16.2. The number of fused-ring (bicyclic) bond motifs is 6. The summed E-state index contributed by atoms with van der Waals surface area (Å²) in [6.07, 6.45) is -2.37. The third kappa shape index (κ3) is 5.59. The summed E-state index contributed by atoms with van der Waals surface area (Å²) in [5.74, 6) is -0.656. The number of alkyl halides is 3. The molecule has 2 atom stereocenters. The van der Waals surface area contributed by atoms with Gasteiger partial charge in [-0.05, 0) is 91.3 Å². The maximum atomic E-state index is 16.2. The molecule has 6 nitrogen and oxygen atoms in total. The number of carbonyl (C=O) groups excluding carboxylic acids is 1. The number of hydrogen-bond donors (Lipinski definition) is 2. The maximum Gasteiger partial charge on any atom is 0.416 e. The zero-order valence-corrected chi connectivity index (χ0v) is 24.2. The number of hydrogen-bond acceptors (Lipinski definition) is 4. The number of aliphatic hydroxyl groups is 1. The van der Waals surface area contributed by atoms with Crippen molar-refractivity contribution in [2.75, 3.05) is 6.61 Å². The molecule has 1 fully saturated rings. The van der Waals surface area contributed by atoms with E-state index in [4.69, 9.17) is 16.3 Å². The molecule has 2 N–H and O–H groups in total. The molecule has 0 unspecified atom stereocenters. The van der Waals surface area contributed by atoms with E-state index >= 15 is 4.39 Å². The highest BCUT2D eigenvalue weighted by molar-refractivity contribution is 6.31. The summed E-state index contributed by atoms with van der Waals surface area (Å²) in [5.41, 5.74) is 0.635. The normalized spacial score (nSPS) is 18.3. The van der Waals surface area contributed by atoms with Crippen molar-refractivity contribution in [3.8, 4) is 22.6 Å². The Morgan fingerprint density at radius 3 is 2.45 bits per heavy atom. The van der Waals surface area contributed by atoms with Gasteiger partial charge in [-0.15, -0.1) is 0 Å². The van der Waals surface area contributed by atoms with Gasteiger partial charge < -0.3 is 15.2 Å². The van der Waals surface area contributed by atoms with Gasteiger partial charge in [0, 0.05) is 40.6 Å². The Labute approximate surface area is 254 Å². The fraction of sp³-hybridized carbons (Fsp3) is 0.273. The van der Waals surface area contributed by atoms with Gasteiger partial charge in [-0.3, -0.25) is 14.2 Å². The second-order valence-corrected chi connectivity index (χ2v) is 11.5. The summed E-state index contributed by atoms with van der Waals surface area (Å²) in [4.78, 5) is 27.2. The van der Waals surface area contributed by atoms with E-state index in [1.54, 1.807) is 30.3 Å². The molecule has 44 heavy (non-hydrogen) atoms. The molecular weight excluding hydrogens is 600 g/mol. The number of aryl methyl sites for hydroxylation is 1. The van der Waals surface area contributed by atoms with Gasteiger partial charge in [-0.1, -0.05) is 23.7 Å². The topological polar surface area (TPSA) is 80.6 Å². The van der Waals surface area contributed by atoms with Crippen molar-refractivity contribution in [2.24, 2.45) is 0 Å². The molecule has 6 rings (SSSR count). The lowest BCUT2D eigenvalue weighted by atomic mass is 9.90. The van der Waals surface area contributed by atoms with Crippen LogP contribution < -0.4 is 15.6 Å². The van der Waals surface area contributed by atoms with Crippen molar-refractivity contribution in [2.45, 2.75) is 50.4 Å². The SMILES string of the molecule is Cc1cccc2c1-c1cc(C3CC3)c(F)c(c1)[C@H](CCO)NC(=O)[C@@H](n1ccc(C(F)(F)F)cc1=O)c1cc(ccc1Cl)O2. The van der Waals surface area contributed by atoms with Crippen LogP contribution >= 0.6 is 11.6 Å². The van der Waals surface area contributed by atoms with E-state index in [-0.39, 0.29) is 34.2 Å². The molecule has 4 bridgehead atoms. The molecule has 1 aliphatic carbocycles. The smallest absolute Gasteiger partial charge is 0.416 e. The Hall–Kier alpha value is -4.15. The van der Waals surface area contributed by atoms with Gasteiger partial charge in [-0.2, -0.15) is 13.2 Å². The number of ether oxygens (including phenoxy) is 1. The molecule has 0 spiro atoms. The Kier molecular flexibility index (Phi) is 7.75. The van der Waals surface area contributed by atoms with Crippen LogP contribution in [0.1, 0.15) is 65.1 Å². The van der Waals surface area contributed by atoms with Crippen LogP contribution in [-0.2, 0) is 11.0 Å². The number of rotatable bonds is 4. The summed E-state index contributed by atoms with van der Waals surface area (Å²) in [7, 11) is 0. The Morgan fingerprint density at radius 1 is 1.02 bits per heavy atom. The first kappa shape index (κ1) is 29.9. The van der Waals surface area contributed by atoms with Gasteiger partial charge >= 0.3 is 6.18 Å². The van der Waals surface area contributed by atoms with Gasteiger partial charge in [0.25, 0.3) is 5.56 Å². The van der Waals surface area contributed by atoms with Crippen LogP contribution in [0, 0.1) is 12.7 Å². The Balaban J connectivity index is 1.61. The van der Waals surface area contributed by atoms with Gasteiger partial charge in [0.05, 0.1) is 11.6 Å². The summed E-state index contributed by atoms with van der Waals surface area (Å²) >= 11 is 6.56. The second-order valence-electron chi connectivity index (χ2n) is 11.1. The van der Waals surface area contributed by atoms with E-state index < -0.39 is 47.7 Å². The highest BCUT2D eigenvalue weighted by Gasteiger charge is 2.35. The summed E-state index contributed by atoms with van der Waals surface area (Å²) < 4.78 is 63.5. The number of aliphatic hydroxyl groups excluding tert-OH is 1. The number of benzene rings is 3. The van der Waals surface area contributed by atoms with E-state index in [2.05, 4.69) is 5.32 Å². The second kappa shape index (κ2) is 11.4. The van der Waals surface area contributed by atoms with Crippen LogP contribution in [0.15, 0.2) is 71.7 Å². The van der Waals surface area contributed by atoms with E-state index in [1.807, 2.05) is 13.0 Å². The molecule has 1 saturated carbocycles. The first-order valence-corrected chi connectivity index (χ1v) is 14.4. The van der Waals surface area contributed by atoms with Gasteiger partial charge in [0.2, 0.25) is 5.91 Å². The number of halogens is 5. The molecule has 3 aromatic carbocycles. The first-order valence-electron chi connectivity index (χ1n) is 14.1. The van der Waals surface area contributed by atoms with Gasteiger partial charge in [0.15, 0.2) is 0 Å². The minimum Gasteiger partial charge on any atom is -0.457 e. The minimum atomic E-state index is -4.78. The molecule has 2 aliphatic rings. The number of aromatic nitrogens is 1. The minimum absolute atomic E-state index is 0.00413. The van der Waals surface area contributed by atoms with Crippen molar-refractivity contribution in [3.05, 3.63) is 116 Å². The largest absolute Gasteiger partial charge is 0.457 e. The van der Waals surface area contributed by atoms with Crippen LogP contribution in [-0.4, -0.2) is 22.2 Å². The highest BCUT2D eigenvalue weighted by Crippen LogP contribution is 2.47. The van der Waals surface area contributed by atoms with Crippen LogP contribution in [0.5, 0.6) is 11.5 Å². The third-order valence-electron chi connectivity index (χ3n) is 8.07. The van der Waals surface area contributed by atoms with Crippen molar-refractivity contribution in [1.29, 1.82) is 0 Å². The zero-order valence-electron chi connectivity index (χ0n) is 23.4. The molecule has 0 saturated heterocycles. The molecule has 228 valence electrons. The van der Waals surface area contributed by atoms with Crippen molar-refractivity contribution < 1.29 is 32.2 Å². The predicted molar refractivity (Wildman–Crippen MR) is 157 cm³/mol. The van der Waals surface area contributed by atoms with Gasteiger partial charge in [0.1, 0.15) is 23.4 Å². The predicted octanol–water partition coefficient (Wildman–Crippen LogP) is 7.45. The van der Waals surface area contributed by atoms with Crippen molar-refractivity contribution in [3.63, 3.8) is 0 Å². The molecule has 11 heteroatoms. The van der Waals surface area contributed by atoms with E-state index in [1.165, 1.54) is 12.1 Å². The third-order valence-corrected chi connectivity index (χ3v) is 8.42. The van der Waals surface area contributed by atoms with Crippen molar-refractivity contribution in [1.82, 2.24) is 9.88 Å². The Bertz CT molecular complexity index is 1830. The van der Waals surface area contributed by atoms with Crippen LogP contribution in [0.4, 0.5) is 17.6 Å². The lowest BCUT2D eigenvalue weighted by molar-refractivity contribution is -0.137. The standard InChI is InChI=1S/C33H27ClF4N2O4/c1-17-3-2-4-27-29(17)19-13-22(18-5-6-18)30(35)24(14-19)26(10-12-41)39-32(43)31(23-16-21(44-27)7-8-25(23)34)40-11-9-20(15-28(40)42)33(36,37)38/h2-4,7-9,11,13-16,18,26,31,41H,5-6,10,12H2,1H3,(H,39,43)/t26-,31-/m0/s1. The van der Waals surface area contributed by atoms with Crippen molar-refractivity contribution >= 4 is 17.5 Å². The molecule has 1 aromatic heterocycles. The number of carbonyl (C=O) groups is 1. The molecule has 0 radical (unpaired) electrons. The number of pyridine rings is 1. The van der Waals surface area contributed by atoms with E-state index in [0.29, 0.717) is 34.6 Å². The summed E-state index contributed by atoms with van der Waals surface area (Å²) in [5, 5.41) is 12.8. The molecule has 4 aromatic rings. The lowest BCUT2D eigenvalue weighted by Gasteiger charge is -2.26.